The fraction of sp³-hybridized carbons (Fsp3) is 0.385. The number of fused-ring (bicyclic) bond motifs is 1. The van der Waals surface area contributed by atoms with Crippen LogP contribution in [0.15, 0.2) is 23.1 Å². The third kappa shape index (κ3) is 2.10. The van der Waals surface area contributed by atoms with Crippen LogP contribution >= 0.6 is 11.8 Å². The molecule has 4 nitrogen and oxygen atoms in total. The van der Waals surface area contributed by atoms with Gasteiger partial charge in [0.25, 0.3) is 0 Å². The second-order valence-electron chi connectivity index (χ2n) is 4.89. The van der Waals surface area contributed by atoms with Gasteiger partial charge in [-0.25, -0.2) is 0 Å². The predicted molar refractivity (Wildman–Crippen MR) is 71.1 cm³/mol. The number of carbonyl (C=O) groups is 2. The first-order valence-electron chi connectivity index (χ1n) is 5.68. The lowest BCUT2D eigenvalue weighted by atomic mass is 9.84. The van der Waals surface area contributed by atoms with Crippen LogP contribution in [0.4, 0.5) is 5.69 Å². The molecule has 96 valence electrons. The van der Waals surface area contributed by atoms with Crippen molar-refractivity contribution < 1.29 is 14.7 Å². The van der Waals surface area contributed by atoms with Gasteiger partial charge in [0.05, 0.1) is 16.4 Å². The predicted octanol–water partition coefficient (Wildman–Crippen LogP) is 2.48. The van der Waals surface area contributed by atoms with Crippen LogP contribution in [0, 0.1) is 0 Å². The number of nitrogens with one attached hydrogen (secondary N) is 1. The van der Waals surface area contributed by atoms with Crippen LogP contribution in [0.5, 0.6) is 0 Å². The van der Waals surface area contributed by atoms with Gasteiger partial charge < -0.3 is 10.4 Å². The standard InChI is InChI=1S/C13H15NO3S/c1-7-11(15)14-9-6-8(4-5-10(9)18-7)13(2,3)12(16)17/h4-7H,1-3H3,(H,14,15)(H,16,17). The largest absolute Gasteiger partial charge is 0.481 e. The van der Waals surface area contributed by atoms with E-state index in [4.69, 9.17) is 0 Å². The summed E-state index contributed by atoms with van der Waals surface area (Å²) < 4.78 is 0. The van der Waals surface area contributed by atoms with Crippen molar-refractivity contribution in [1.82, 2.24) is 0 Å². The summed E-state index contributed by atoms with van der Waals surface area (Å²) in [6, 6.07) is 5.43. The molecular weight excluding hydrogens is 250 g/mol. The highest BCUT2D eigenvalue weighted by Gasteiger charge is 2.31. The van der Waals surface area contributed by atoms with Gasteiger partial charge in [0.1, 0.15) is 0 Å². The molecule has 1 heterocycles. The topological polar surface area (TPSA) is 66.4 Å². The minimum Gasteiger partial charge on any atom is -0.481 e. The number of anilines is 1. The Morgan fingerprint density at radius 3 is 2.72 bits per heavy atom. The SMILES string of the molecule is CC1Sc2ccc(C(C)(C)C(=O)O)cc2NC1=O. The van der Waals surface area contributed by atoms with E-state index in [9.17, 15) is 14.7 Å². The average molecular weight is 265 g/mol. The van der Waals surface area contributed by atoms with Crippen molar-refractivity contribution in [1.29, 1.82) is 0 Å². The Hall–Kier alpha value is -1.49. The minimum atomic E-state index is -0.965. The summed E-state index contributed by atoms with van der Waals surface area (Å²) in [4.78, 5) is 23.8. The zero-order valence-electron chi connectivity index (χ0n) is 10.5. The van der Waals surface area contributed by atoms with Gasteiger partial charge in [-0.1, -0.05) is 6.07 Å². The number of benzene rings is 1. The van der Waals surface area contributed by atoms with Crippen LogP contribution in [-0.2, 0) is 15.0 Å². The molecule has 1 amide bonds. The third-order valence-corrected chi connectivity index (χ3v) is 4.34. The van der Waals surface area contributed by atoms with Crippen molar-refractivity contribution in [3.05, 3.63) is 23.8 Å². The van der Waals surface area contributed by atoms with Gasteiger partial charge in [-0.15, -0.1) is 11.8 Å². The lowest BCUT2D eigenvalue weighted by Crippen LogP contribution is -2.30. The molecule has 0 saturated carbocycles. The van der Waals surface area contributed by atoms with Gasteiger partial charge in [-0.3, -0.25) is 9.59 Å². The molecule has 1 aliphatic heterocycles. The molecule has 1 atom stereocenters. The monoisotopic (exact) mass is 265 g/mol. The summed E-state index contributed by atoms with van der Waals surface area (Å²) in [7, 11) is 0. The summed E-state index contributed by atoms with van der Waals surface area (Å²) in [6.45, 7) is 5.15. The molecule has 0 spiro atoms. The molecular formula is C13H15NO3S. The highest BCUT2D eigenvalue weighted by atomic mass is 32.2. The Morgan fingerprint density at radius 2 is 2.11 bits per heavy atom. The molecule has 0 saturated heterocycles. The number of aliphatic carboxylic acids is 1. The number of carbonyl (C=O) groups excluding carboxylic acids is 1. The van der Waals surface area contributed by atoms with E-state index >= 15 is 0 Å². The van der Waals surface area contributed by atoms with Crippen molar-refractivity contribution in [3.63, 3.8) is 0 Å². The molecule has 0 aromatic heterocycles. The molecule has 0 radical (unpaired) electrons. The van der Waals surface area contributed by atoms with E-state index in [0.29, 0.717) is 11.3 Å². The molecule has 0 bridgehead atoms. The highest BCUT2D eigenvalue weighted by molar-refractivity contribution is 8.00. The van der Waals surface area contributed by atoms with Crippen molar-refractivity contribution in [2.75, 3.05) is 5.32 Å². The van der Waals surface area contributed by atoms with Crippen LogP contribution in [0.2, 0.25) is 0 Å². The van der Waals surface area contributed by atoms with E-state index in [1.54, 1.807) is 19.9 Å². The molecule has 5 heteroatoms. The average Bonchev–Trinajstić information content (AvgIpc) is 2.29. The highest BCUT2D eigenvalue weighted by Crippen LogP contribution is 2.38. The van der Waals surface area contributed by atoms with Crippen molar-refractivity contribution in [2.45, 2.75) is 36.3 Å². The Labute approximate surface area is 110 Å². The Balaban J connectivity index is 2.42. The number of carboxylic acid groups (broad SMARTS) is 1. The van der Waals surface area contributed by atoms with Crippen molar-refractivity contribution in [3.8, 4) is 0 Å². The number of amides is 1. The molecule has 18 heavy (non-hydrogen) atoms. The van der Waals surface area contributed by atoms with Crippen LogP contribution in [0.1, 0.15) is 26.3 Å². The zero-order valence-corrected chi connectivity index (χ0v) is 11.3. The number of hydrogen-bond donors (Lipinski definition) is 2. The van der Waals surface area contributed by atoms with E-state index in [-0.39, 0.29) is 11.2 Å². The smallest absolute Gasteiger partial charge is 0.313 e. The van der Waals surface area contributed by atoms with Gasteiger partial charge in [0.2, 0.25) is 5.91 Å². The lowest BCUT2D eigenvalue weighted by molar-refractivity contribution is -0.142. The summed E-state index contributed by atoms with van der Waals surface area (Å²) >= 11 is 1.49. The summed E-state index contributed by atoms with van der Waals surface area (Å²) in [6.07, 6.45) is 0. The zero-order chi connectivity index (χ0) is 13.5. The molecule has 0 aliphatic carbocycles. The van der Waals surface area contributed by atoms with Gasteiger partial charge >= 0.3 is 5.97 Å². The summed E-state index contributed by atoms with van der Waals surface area (Å²) in [5.41, 5.74) is 0.423. The fourth-order valence-electron chi connectivity index (χ4n) is 1.72. The van der Waals surface area contributed by atoms with E-state index in [1.807, 2.05) is 19.1 Å². The van der Waals surface area contributed by atoms with Crippen molar-refractivity contribution in [2.24, 2.45) is 0 Å². The molecule has 1 aromatic rings. The number of carboxylic acids is 1. The fourth-order valence-corrected chi connectivity index (χ4v) is 2.65. The molecule has 1 unspecified atom stereocenters. The van der Waals surface area contributed by atoms with Gasteiger partial charge in [0.15, 0.2) is 0 Å². The summed E-state index contributed by atoms with van der Waals surface area (Å²) in [5.74, 6) is -0.927. The normalized spacial score (nSPS) is 19.1. The quantitative estimate of drug-likeness (QED) is 0.862. The van der Waals surface area contributed by atoms with E-state index in [1.165, 1.54) is 11.8 Å². The molecule has 1 aliphatic rings. The third-order valence-electron chi connectivity index (χ3n) is 3.17. The second-order valence-corrected chi connectivity index (χ2v) is 6.27. The molecule has 0 fully saturated rings. The first kappa shape index (κ1) is 13.0. The minimum absolute atomic E-state index is 0.0437. The second kappa shape index (κ2) is 4.31. The number of hydrogen-bond acceptors (Lipinski definition) is 3. The maximum Gasteiger partial charge on any atom is 0.313 e. The van der Waals surface area contributed by atoms with E-state index in [2.05, 4.69) is 5.32 Å². The van der Waals surface area contributed by atoms with Gasteiger partial charge in [0, 0.05) is 4.90 Å². The Bertz CT molecular complexity index is 525. The van der Waals surface area contributed by atoms with Crippen LogP contribution in [0.25, 0.3) is 0 Å². The Kier molecular flexibility index (Phi) is 3.11. The molecule has 2 N–H and O–H groups in total. The van der Waals surface area contributed by atoms with Gasteiger partial charge in [-0.05, 0) is 38.5 Å². The summed E-state index contributed by atoms with van der Waals surface area (Å²) in [5, 5.41) is 11.9. The first-order valence-corrected chi connectivity index (χ1v) is 6.56. The van der Waals surface area contributed by atoms with E-state index < -0.39 is 11.4 Å². The number of thioether (sulfide) groups is 1. The maximum atomic E-state index is 11.6. The Morgan fingerprint density at radius 1 is 1.44 bits per heavy atom. The van der Waals surface area contributed by atoms with Crippen LogP contribution in [0.3, 0.4) is 0 Å². The van der Waals surface area contributed by atoms with Crippen LogP contribution < -0.4 is 5.32 Å². The van der Waals surface area contributed by atoms with E-state index in [0.717, 1.165) is 4.90 Å². The van der Waals surface area contributed by atoms with Crippen LogP contribution in [-0.4, -0.2) is 22.2 Å². The number of rotatable bonds is 2. The molecule has 2 rings (SSSR count). The van der Waals surface area contributed by atoms with Gasteiger partial charge in [-0.2, -0.15) is 0 Å². The first-order chi connectivity index (χ1) is 8.32. The lowest BCUT2D eigenvalue weighted by Gasteiger charge is -2.25. The molecule has 1 aromatic carbocycles. The van der Waals surface area contributed by atoms with Crippen molar-refractivity contribution >= 4 is 29.3 Å². The maximum absolute atomic E-state index is 11.6.